The molecule has 0 amide bonds. The lowest BCUT2D eigenvalue weighted by molar-refractivity contribution is -0.149. The van der Waals surface area contributed by atoms with Crippen LogP contribution in [0.15, 0.2) is 24.4 Å². The van der Waals surface area contributed by atoms with E-state index in [0.29, 0.717) is 5.75 Å². The molecule has 0 bridgehead atoms. The number of H-pyrrole nitrogens is 1. The Morgan fingerprint density at radius 3 is 2.62 bits per heavy atom. The first-order chi connectivity index (χ1) is 13.6. The molecule has 2 rings (SSSR count). The number of hydrogen-bond acceptors (Lipinski definition) is 6. The quantitative estimate of drug-likeness (QED) is 0.421. The number of carbonyl (C=O) groups excluding carboxylic acids is 1. The molecule has 1 aromatic carbocycles. The molecule has 0 fully saturated rings. The van der Waals surface area contributed by atoms with Crippen molar-refractivity contribution in [3.63, 3.8) is 0 Å². The summed E-state index contributed by atoms with van der Waals surface area (Å²) in [5.41, 5.74) is 1.97. The molecule has 8 nitrogen and oxygen atoms in total. The fraction of sp³-hybridized carbons (Fsp3) is 0.550. The summed E-state index contributed by atoms with van der Waals surface area (Å²) in [5.74, 6) is -0.0127. The highest BCUT2D eigenvalue weighted by Crippen LogP contribution is 2.46. The topological polar surface area (TPSA) is 92.9 Å². The Kier molecular flexibility index (Phi) is 8.28. The maximum absolute atomic E-state index is 13.4. The van der Waals surface area contributed by atoms with Crippen LogP contribution in [0.3, 0.4) is 0 Å². The lowest BCUT2D eigenvalue weighted by Gasteiger charge is -2.24. The molecule has 1 heterocycles. The molecule has 0 aliphatic carbocycles. The Hall–Kier alpha value is -1.86. The first-order valence-electron chi connectivity index (χ1n) is 9.64. The van der Waals surface area contributed by atoms with Gasteiger partial charge in [0.1, 0.15) is 18.1 Å². The number of ether oxygens (including phenoxy) is 2. The van der Waals surface area contributed by atoms with Gasteiger partial charge in [-0.3, -0.25) is 9.36 Å². The van der Waals surface area contributed by atoms with Crippen molar-refractivity contribution in [1.82, 2.24) is 15.0 Å². The van der Waals surface area contributed by atoms with E-state index in [2.05, 4.69) is 15.0 Å². The van der Waals surface area contributed by atoms with Gasteiger partial charge in [-0.25, -0.2) is 5.09 Å². The number of carbonyl (C=O) groups is 1. The van der Waals surface area contributed by atoms with E-state index < -0.39 is 19.5 Å². The molecule has 29 heavy (non-hydrogen) atoms. The second kappa shape index (κ2) is 10.3. The van der Waals surface area contributed by atoms with Gasteiger partial charge in [-0.15, -0.1) is 0 Å². The molecule has 0 spiro atoms. The Bertz CT molecular complexity index is 865. The smallest absolute Gasteiger partial charge is 0.342 e. The fourth-order valence-electron chi connectivity index (χ4n) is 2.94. The SMILES string of the molecule is COCP(=O)(N[C@@H](C)C(=O)OC(C)C)Oc1cccc2[nH]cc(CCN(C)C)c12. The molecule has 9 heteroatoms. The number of nitrogens with zero attached hydrogens (tertiary/aromatic N) is 1. The van der Waals surface area contributed by atoms with E-state index >= 15 is 0 Å². The van der Waals surface area contributed by atoms with Crippen LogP contribution in [0.2, 0.25) is 0 Å². The number of esters is 1. The third kappa shape index (κ3) is 6.57. The molecule has 2 N–H and O–H groups in total. The lowest BCUT2D eigenvalue weighted by Crippen LogP contribution is -2.36. The molecule has 0 aliphatic rings. The summed E-state index contributed by atoms with van der Waals surface area (Å²) < 4.78 is 29.7. The summed E-state index contributed by atoms with van der Waals surface area (Å²) in [6, 6.07) is 4.74. The van der Waals surface area contributed by atoms with Crippen LogP contribution in [0.5, 0.6) is 5.75 Å². The molecule has 2 aromatic rings. The Morgan fingerprint density at radius 2 is 2.00 bits per heavy atom. The zero-order valence-corrected chi connectivity index (χ0v) is 18.9. The van der Waals surface area contributed by atoms with Gasteiger partial charge in [0.25, 0.3) is 0 Å². The second-order valence-electron chi connectivity index (χ2n) is 7.56. The van der Waals surface area contributed by atoms with Crippen molar-refractivity contribution < 1.29 is 23.4 Å². The van der Waals surface area contributed by atoms with Crippen LogP contribution in [0.1, 0.15) is 26.3 Å². The minimum absolute atomic E-state index is 0.180. The number of aromatic amines is 1. The zero-order chi connectivity index (χ0) is 21.6. The van der Waals surface area contributed by atoms with Crippen LogP contribution in [0.4, 0.5) is 0 Å². The van der Waals surface area contributed by atoms with Crippen LogP contribution in [0, 0.1) is 0 Å². The minimum Gasteiger partial charge on any atom is -0.462 e. The van der Waals surface area contributed by atoms with Crippen molar-refractivity contribution in [2.24, 2.45) is 0 Å². The monoisotopic (exact) mass is 425 g/mol. The summed E-state index contributed by atoms with van der Waals surface area (Å²) in [4.78, 5) is 17.5. The van der Waals surface area contributed by atoms with Crippen LogP contribution in [-0.4, -0.2) is 62.1 Å². The average Bonchev–Trinajstić information content (AvgIpc) is 3.03. The number of fused-ring (bicyclic) bond motifs is 1. The third-order valence-electron chi connectivity index (χ3n) is 4.22. The normalized spacial score (nSPS) is 14.9. The Morgan fingerprint density at radius 1 is 1.28 bits per heavy atom. The summed E-state index contributed by atoms with van der Waals surface area (Å²) in [6.07, 6.45) is 2.31. The molecule has 2 atom stereocenters. The number of benzene rings is 1. The van der Waals surface area contributed by atoms with Crippen molar-refractivity contribution in [2.45, 2.75) is 39.3 Å². The lowest BCUT2D eigenvalue weighted by atomic mass is 10.1. The predicted molar refractivity (Wildman–Crippen MR) is 114 cm³/mol. The number of nitrogens with one attached hydrogen (secondary N) is 2. The van der Waals surface area contributed by atoms with E-state index in [4.69, 9.17) is 14.0 Å². The van der Waals surface area contributed by atoms with Gasteiger partial charge >= 0.3 is 13.5 Å². The molecule has 0 saturated carbocycles. The Balaban J connectivity index is 2.29. The molecule has 162 valence electrons. The van der Waals surface area contributed by atoms with Gasteiger partial charge in [-0.05, 0) is 59.0 Å². The highest BCUT2D eigenvalue weighted by Gasteiger charge is 2.31. The first kappa shape index (κ1) is 23.4. The van der Waals surface area contributed by atoms with Gasteiger partial charge < -0.3 is 23.9 Å². The van der Waals surface area contributed by atoms with Crippen LogP contribution in [0.25, 0.3) is 10.9 Å². The number of hydrogen-bond donors (Lipinski definition) is 2. The maximum atomic E-state index is 13.4. The summed E-state index contributed by atoms with van der Waals surface area (Å²) >= 11 is 0. The van der Waals surface area contributed by atoms with E-state index in [0.717, 1.165) is 29.4 Å². The average molecular weight is 425 g/mol. The summed E-state index contributed by atoms with van der Waals surface area (Å²) in [6.45, 7) is 5.98. The number of aromatic nitrogens is 1. The number of rotatable bonds is 11. The van der Waals surface area contributed by atoms with Crippen molar-refractivity contribution in [3.8, 4) is 5.75 Å². The fourth-order valence-corrected chi connectivity index (χ4v) is 4.62. The van der Waals surface area contributed by atoms with Gasteiger partial charge in [-0.1, -0.05) is 6.07 Å². The second-order valence-corrected chi connectivity index (χ2v) is 9.61. The Labute approximate surface area is 172 Å². The van der Waals surface area contributed by atoms with Gasteiger partial charge in [0.2, 0.25) is 0 Å². The molecule has 0 aliphatic heterocycles. The maximum Gasteiger partial charge on any atom is 0.342 e. The molecule has 0 radical (unpaired) electrons. The van der Waals surface area contributed by atoms with E-state index in [-0.39, 0.29) is 12.5 Å². The zero-order valence-electron chi connectivity index (χ0n) is 18.0. The van der Waals surface area contributed by atoms with Gasteiger partial charge in [0.05, 0.1) is 6.10 Å². The third-order valence-corrected chi connectivity index (χ3v) is 6.09. The summed E-state index contributed by atoms with van der Waals surface area (Å²) in [7, 11) is 1.94. The van der Waals surface area contributed by atoms with E-state index in [9.17, 15) is 9.36 Å². The number of methoxy groups -OCH3 is 1. The van der Waals surface area contributed by atoms with Crippen molar-refractivity contribution in [3.05, 3.63) is 30.0 Å². The predicted octanol–water partition coefficient (Wildman–Crippen LogP) is 3.38. The molecule has 1 aromatic heterocycles. The van der Waals surface area contributed by atoms with E-state index in [1.807, 2.05) is 32.4 Å². The first-order valence-corrected chi connectivity index (χ1v) is 11.5. The van der Waals surface area contributed by atoms with Gasteiger partial charge in [-0.2, -0.15) is 0 Å². The van der Waals surface area contributed by atoms with E-state index in [1.165, 1.54) is 7.11 Å². The molecule has 1 unspecified atom stereocenters. The number of likely N-dealkylation sites (N-methyl/N-ethyl adjacent to an activating group) is 1. The van der Waals surface area contributed by atoms with Crippen LogP contribution < -0.4 is 9.61 Å². The standard InChI is InChI=1S/C20H32N3O5P/c1-14(2)27-20(24)15(3)22-29(25,13-26-6)28-18-9-7-8-17-19(18)16(12-21-17)10-11-23(4)5/h7-9,12,14-15,21H,10-11,13H2,1-6H3,(H,22,25)/t15-,29?/m0/s1. The summed E-state index contributed by atoms with van der Waals surface area (Å²) in [5, 5.41) is 3.67. The highest BCUT2D eigenvalue weighted by molar-refractivity contribution is 7.57. The molecular weight excluding hydrogens is 393 g/mol. The van der Waals surface area contributed by atoms with Gasteiger partial charge in [0, 0.05) is 30.8 Å². The van der Waals surface area contributed by atoms with Gasteiger partial charge in [0.15, 0.2) is 0 Å². The van der Waals surface area contributed by atoms with Crippen molar-refractivity contribution in [2.75, 3.05) is 34.1 Å². The van der Waals surface area contributed by atoms with Crippen LogP contribution in [-0.2, 0) is 25.3 Å². The largest absolute Gasteiger partial charge is 0.462 e. The highest BCUT2D eigenvalue weighted by atomic mass is 31.2. The molecule has 0 saturated heterocycles. The van der Waals surface area contributed by atoms with Crippen LogP contribution >= 0.6 is 7.52 Å². The van der Waals surface area contributed by atoms with E-state index in [1.54, 1.807) is 26.8 Å². The van der Waals surface area contributed by atoms with Crippen molar-refractivity contribution in [1.29, 1.82) is 0 Å². The molecular formula is C20H32N3O5P. The minimum atomic E-state index is -3.53. The van der Waals surface area contributed by atoms with Crippen molar-refractivity contribution >= 4 is 24.4 Å².